The molecule has 0 amide bonds. The molecule has 1 aliphatic rings. The summed E-state index contributed by atoms with van der Waals surface area (Å²) < 4.78 is 97.5. The van der Waals surface area contributed by atoms with Crippen LogP contribution in [0.15, 0.2) is 78.1 Å². The van der Waals surface area contributed by atoms with Gasteiger partial charge in [0.15, 0.2) is 0 Å². The van der Waals surface area contributed by atoms with Gasteiger partial charge < -0.3 is 18.8 Å². The Morgan fingerprint density at radius 2 is 1.20 bits per heavy atom. The fourth-order valence-electron chi connectivity index (χ4n) is 4.99. The highest BCUT2D eigenvalue weighted by Gasteiger charge is 2.52. The number of ether oxygens (including phenoxy) is 2. The molecule has 5 heterocycles. The molecule has 7 rings (SSSR count). The lowest BCUT2D eigenvalue weighted by Crippen LogP contribution is -2.41. The monoisotopic (exact) mass is 860 g/mol. The zero-order valence-corrected chi connectivity index (χ0v) is 32.3. The van der Waals surface area contributed by atoms with Crippen molar-refractivity contribution in [2.24, 2.45) is 14.1 Å². The summed E-state index contributed by atoms with van der Waals surface area (Å²) in [6.45, 7) is 8.18. The molecule has 0 spiro atoms. The number of hydrogen-bond donors (Lipinski definition) is 0. The molecule has 2 aromatic carbocycles. The van der Waals surface area contributed by atoms with Gasteiger partial charge in [0.1, 0.15) is 11.5 Å². The highest BCUT2D eigenvalue weighted by Crippen LogP contribution is 2.39. The molecule has 0 N–H and O–H groups in total. The predicted octanol–water partition coefficient (Wildman–Crippen LogP) is 9.46. The normalized spacial score (nSPS) is 15.1. The first kappa shape index (κ1) is 41.1. The van der Waals surface area contributed by atoms with Gasteiger partial charge in [-0.2, -0.15) is 10.2 Å². The van der Waals surface area contributed by atoms with Gasteiger partial charge in [0.05, 0.1) is 43.0 Å². The summed E-state index contributed by atoms with van der Waals surface area (Å²) >= 11 is 14.9. The van der Waals surface area contributed by atoms with Gasteiger partial charge in [-0.3, -0.25) is 19.3 Å². The first-order valence-electron chi connectivity index (χ1n) is 15.7. The van der Waals surface area contributed by atoms with Crippen LogP contribution in [0.4, 0.5) is 26.3 Å². The van der Waals surface area contributed by atoms with Crippen LogP contribution in [0.2, 0.25) is 10.0 Å². The van der Waals surface area contributed by atoms with E-state index < -0.39 is 12.7 Å². The maximum atomic E-state index is 12.7. The highest BCUT2D eigenvalue weighted by molar-refractivity contribution is 9.10. The van der Waals surface area contributed by atoms with Crippen molar-refractivity contribution in [3.63, 3.8) is 0 Å². The minimum Gasteiger partial charge on any atom is -0.405 e. The van der Waals surface area contributed by atoms with Crippen molar-refractivity contribution in [3.05, 3.63) is 88.1 Å². The van der Waals surface area contributed by atoms with Gasteiger partial charge >= 0.3 is 19.8 Å². The third-order valence-electron chi connectivity index (χ3n) is 8.25. The molecule has 286 valence electrons. The average Bonchev–Trinajstić information content (AvgIpc) is 3.74. The van der Waals surface area contributed by atoms with E-state index in [1.807, 2.05) is 40.9 Å². The van der Waals surface area contributed by atoms with Gasteiger partial charge in [0, 0.05) is 72.4 Å². The Labute approximate surface area is 323 Å². The van der Waals surface area contributed by atoms with E-state index in [1.54, 1.807) is 24.1 Å². The topological polar surface area (TPSA) is 98.3 Å². The van der Waals surface area contributed by atoms with Crippen molar-refractivity contribution in [1.29, 1.82) is 0 Å². The molecule has 0 bridgehead atoms. The number of alkyl halides is 6. The van der Waals surface area contributed by atoms with E-state index >= 15 is 0 Å². The molecule has 1 saturated heterocycles. The molecule has 0 radical (unpaired) electrons. The highest BCUT2D eigenvalue weighted by atomic mass is 79.9. The van der Waals surface area contributed by atoms with Gasteiger partial charge in [-0.15, -0.1) is 26.3 Å². The zero-order valence-electron chi connectivity index (χ0n) is 29.2. The number of rotatable bonds is 4. The van der Waals surface area contributed by atoms with Gasteiger partial charge in [-0.25, -0.2) is 0 Å². The van der Waals surface area contributed by atoms with E-state index in [2.05, 4.69) is 45.6 Å². The summed E-state index contributed by atoms with van der Waals surface area (Å²) in [6.07, 6.45) is 0.155. The number of aryl methyl sites for hydroxylation is 2. The molecule has 0 atom stereocenters. The second-order valence-electron chi connectivity index (χ2n) is 12.8. The number of benzene rings is 2. The Kier molecular flexibility index (Phi) is 11.8. The Balaban J connectivity index is 0.000000159. The Hall–Kier alpha value is -4.10. The number of pyridine rings is 2. The summed E-state index contributed by atoms with van der Waals surface area (Å²) in [5, 5.41) is 9.47. The molecule has 20 heteroatoms. The molecule has 0 saturated carbocycles. The van der Waals surface area contributed by atoms with Crippen LogP contribution in [0.3, 0.4) is 0 Å². The largest absolute Gasteiger partial charge is 0.573 e. The lowest BCUT2D eigenvalue weighted by molar-refractivity contribution is -0.275. The first-order valence-corrected chi connectivity index (χ1v) is 17.2. The number of fused-ring (bicyclic) bond motifs is 2. The molecule has 0 unspecified atom stereocenters. The number of aromatic nitrogens is 6. The molecule has 1 aliphatic heterocycles. The van der Waals surface area contributed by atoms with E-state index in [1.165, 1.54) is 59.7 Å². The molecule has 10 nitrogen and oxygen atoms in total. The Morgan fingerprint density at radius 1 is 0.722 bits per heavy atom. The maximum Gasteiger partial charge on any atom is 0.573 e. The second kappa shape index (κ2) is 15.6. The van der Waals surface area contributed by atoms with Crippen molar-refractivity contribution in [2.45, 2.75) is 51.6 Å². The smallest absolute Gasteiger partial charge is 0.405 e. The number of halogens is 9. The van der Waals surface area contributed by atoms with Gasteiger partial charge in [0.2, 0.25) is 0 Å². The predicted molar refractivity (Wildman–Crippen MR) is 196 cm³/mol. The third-order valence-corrected chi connectivity index (χ3v) is 9.53. The fraction of sp³-hybridized carbons (Fsp3) is 0.294. The van der Waals surface area contributed by atoms with Crippen molar-refractivity contribution >= 4 is 73.5 Å². The van der Waals surface area contributed by atoms with Crippen LogP contribution in [0.1, 0.15) is 27.7 Å². The summed E-state index contributed by atoms with van der Waals surface area (Å²) in [4.78, 5) is 8.11. The van der Waals surface area contributed by atoms with Crippen molar-refractivity contribution in [2.75, 3.05) is 0 Å². The molecule has 0 aliphatic carbocycles. The Bertz CT molecular complexity index is 2270. The van der Waals surface area contributed by atoms with Crippen LogP contribution in [0.25, 0.3) is 32.9 Å². The number of hydrogen-bond acceptors (Lipinski definition) is 8. The number of nitrogens with zero attached hydrogens (tertiary/aromatic N) is 6. The molecule has 1 fully saturated rings. The third kappa shape index (κ3) is 9.95. The van der Waals surface area contributed by atoms with Crippen LogP contribution >= 0.6 is 39.1 Å². The van der Waals surface area contributed by atoms with Crippen LogP contribution < -0.4 is 14.9 Å². The molecule has 6 aromatic rings. The summed E-state index contributed by atoms with van der Waals surface area (Å²) in [5.74, 6) is -0.692. The second-order valence-corrected chi connectivity index (χ2v) is 14.5. The molecule has 4 aromatic heterocycles. The Morgan fingerprint density at radius 3 is 1.69 bits per heavy atom. The fourth-order valence-corrected chi connectivity index (χ4v) is 5.82. The van der Waals surface area contributed by atoms with Crippen LogP contribution in [0.5, 0.6) is 11.5 Å². The van der Waals surface area contributed by atoms with E-state index in [4.69, 9.17) is 32.5 Å². The van der Waals surface area contributed by atoms with Crippen LogP contribution in [-0.4, -0.2) is 60.6 Å². The SMILES string of the molecule is Cn1cc(-c2cc3nccc(Cl)c3cc2OC(F)(F)F)cn1.Cn1cc(B2OC(C)(C)C(C)(C)O2)cn1.FC(F)(F)Oc1cc2c(Cl)ccnc2cc1Br. The van der Waals surface area contributed by atoms with Crippen LogP contribution in [0, 0.1) is 0 Å². The van der Waals surface area contributed by atoms with E-state index in [0.717, 1.165) is 5.46 Å². The molecular formula is C34H30BBrCl2F6N6O4. The minimum absolute atomic E-state index is 0.164. The van der Waals surface area contributed by atoms with E-state index in [0.29, 0.717) is 37.4 Å². The summed E-state index contributed by atoms with van der Waals surface area (Å²) in [6, 6.07) is 8.35. The molecule has 54 heavy (non-hydrogen) atoms. The van der Waals surface area contributed by atoms with E-state index in [-0.39, 0.29) is 39.9 Å². The standard InChI is InChI=1S/C14H9ClF3N3O.C10H17BN2O2.C10H4BrClF3NO/c1-21-7-8(6-20-21)9-4-12-10(11(15)2-3-19-12)5-13(9)22-14(16,17)18;1-9(2)10(3,4)15-11(14-9)8-6-12-13(5)7-8;11-6-4-8-5(7(12)1-2-16-8)3-9(6)17-10(13,14)15/h2-7H,1H3;6-7H,1-5H3;1-4H. The lowest BCUT2D eigenvalue weighted by Gasteiger charge is -2.32. The van der Waals surface area contributed by atoms with E-state index in [9.17, 15) is 26.3 Å². The van der Waals surface area contributed by atoms with Crippen molar-refractivity contribution < 1.29 is 45.1 Å². The first-order chi connectivity index (χ1) is 25.0. The quantitative estimate of drug-likeness (QED) is 0.128. The average molecular weight is 862 g/mol. The lowest BCUT2D eigenvalue weighted by atomic mass is 9.82. The van der Waals surface area contributed by atoms with Gasteiger partial charge in [-0.1, -0.05) is 23.2 Å². The van der Waals surface area contributed by atoms with Gasteiger partial charge in [-0.05, 0) is 80.0 Å². The summed E-state index contributed by atoms with van der Waals surface area (Å²) in [5.41, 5.74) is 2.09. The minimum atomic E-state index is -4.81. The molecular weight excluding hydrogens is 832 g/mol. The maximum absolute atomic E-state index is 12.7. The van der Waals surface area contributed by atoms with Crippen molar-refractivity contribution in [3.8, 4) is 22.6 Å². The summed E-state index contributed by atoms with van der Waals surface area (Å²) in [7, 11) is 3.25. The van der Waals surface area contributed by atoms with Crippen LogP contribution in [-0.2, 0) is 23.4 Å². The van der Waals surface area contributed by atoms with Crippen molar-refractivity contribution in [1.82, 2.24) is 29.5 Å². The zero-order chi connectivity index (χ0) is 39.8. The van der Waals surface area contributed by atoms with Gasteiger partial charge in [0.25, 0.3) is 0 Å².